The molecule has 0 saturated carbocycles. The molecule has 5 heteroatoms. The van der Waals surface area contributed by atoms with Crippen LogP contribution in [0.4, 0.5) is 5.95 Å². The van der Waals surface area contributed by atoms with Crippen LogP contribution in [0.5, 0.6) is 0 Å². The number of aromatic nitrogens is 2. The van der Waals surface area contributed by atoms with Gasteiger partial charge in [-0.3, -0.25) is 0 Å². The predicted molar refractivity (Wildman–Crippen MR) is 52.5 cm³/mol. The number of nitrogens with zero attached hydrogens (tertiary/aromatic N) is 2. The van der Waals surface area contributed by atoms with Gasteiger partial charge in [0.2, 0.25) is 5.89 Å². The average molecular weight is 199 g/mol. The predicted octanol–water partition coefficient (Wildman–Crippen LogP) is 1.34. The van der Waals surface area contributed by atoms with Gasteiger partial charge in [-0.05, 0) is 35.4 Å². The monoisotopic (exact) mass is 199 g/mol. The van der Waals surface area contributed by atoms with Crippen LogP contribution in [0.3, 0.4) is 0 Å². The van der Waals surface area contributed by atoms with Crippen molar-refractivity contribution < 1.29 is 4.52 Å². The second-order valence-electron chi connectivity index (χ2n) is 3.31. The highest BCUT2D eigenvalue weighted by molar-refractivity contribution is 7.99. The highest BCUT2D eigenvalue weighted by Crippen LogP contribution is 2.25. The number of nitrogens with two attached hydrogens (primary N) is 1. The van der Waals surface area contributed by atoms with Crippen LogP contribution in [-0.4, -0.2) is 21.6 Å². The normalized spacial score (nSPS) is 19.1. The van der Waals surface area contributed by atoms with Crippen molar-refractivity contribution in [2.75, 3.05) is 17.2 Å². The molecule has 1 saturated heterocycles. The molecular formula is C8H13N3OS. The second kappa shape index (κ2) is 4.00. The molecular weight excluding hydrogens is 186 g/mol. The summed E-state index contributed by atoms with van der Waals surface area (Å²) < 4.78 is 4.97. The molecule has 2 rings (SSSR count). The molecule has 2 N–H and O–H groups in total. The smallest absolute Gasteiger partial charge is 0.260 e. The molecule has 13 heavy (non-hydrogen) atoms. The van der Waals surface area contributed by atoms with Crippen LogP contribution < -0.4 is 5.73 Å². The molecule has 4 nitrogen and oxygen atoms in total. The topological polar surface area (TPSA) is 64.9 Å². The van der Waals surface area contributed by atoms with Gasteiger partial charge < -0.3 is 10.3 Å². The number of thioether (sulfide) groups is 1. The first kappa shape index (κ1) is 8.87. The summed E-state index contributed by atoms with van der Waals surface area (Å²) in [5.41, 5.74) is 5.36. The second-order valence-corrected chi connectivity index (χ2v) is 4.53. The van der Waals surface area contributed by atoms with Gasteiger partial charge in [-0.25, -0.2) is 0 Å². The molecule has 0 aromatic carbocycles. The third-order valence-electron chi connectivity index (χ3n) is 2.29. The summed E-state index contributed by atoms with van der Waals surface area (Å²) in [5.74, 6) is 4.17. The first-order valence-electron chi connectivity index (χ1n) is 4.50. The zero-order chi connectivity index (χ0) is 9.10. The quantitative estimate of drug-likeness (QED) is 0.778. The number of anilines is 1. The maximum Gasteiger partial charge on any atom is 0.260 e. The van der Waals surface area contributed by atoms with Crippen molar-refractivity contribution in [1.29, 1.82) is 0 Å². The highest BCUT2D eigenvalue weighted by atomic mass is 32.2. The van der Waals surface area contributed by atoms with Crippen LogP contribution in [-0.2, 0) is 6.42 Å². The largest absolute Gasteiger partial charge is 0.365 e. The van der Waals surface area contributed by atoms with Crippen molar-refractivity contribution in [1.82, 2.24) is 10.1 Å². The van der Waals surface area contributed by atoms with E-state index in [1.165, 1.54) is 24.3 Å². The maximum atomic E-state index is 5.36. The summed E-state index contributed by atoms with van der Waals surface area (Å²) >= 11 is 2.02. The molecule has 1 aliphatic rings. The number of rotatable bonds is 2. The Morgan fingerprint density at radius 2 is 2.23 bits per heavy atom. The lowest BCUT2D eigenvalue weighted by atomic mass is 9.99. The standard InChI is InChI=1S/C8H13N3OS/c9-8-10-7(12-11-8)5-6-1-3-13-4-2-6/h6H,1-5H2,(H2,9,11). The molecule has 1 aromatic rings. The molecule has 1 fully saturated rings. The van der Waals surface area contributed by atoms with E-state index in [4.69, 9.17) is 10.3 Å². The molecule has 72 valence electrons. The lowest BCUT2D eigenvalue weighted by Gasteiger charge is -2.19. The van der Waals surface area contributed by atoms with Crippen LogP contribution in [0.15, 0.2) is 4.52 Å². The molecule has 1 aliphatic heterocycles. The van der Waals surface area contributed by atoms with E-state index >= 15 is 0 Å². The minimum Gasteiger partial charge on any atom is -0.365 e. The molecule has 0 atom stereocenters. The number of nitrogen functional groups attached to an aromatic ring is 1. The Labute approximate surface area is 81.3 Å². The van der Waals surface area contributed by atoms with Crippen molar-refractivity contribution in [2.24, 2.45) is 5.92 Å². The van der Waals surface area contributed by atoms with E-state index in [-0.39, 0.29) is 5.95 Å². The lowest BCUT2D eigenvalue weighted by Crippen LogP contribution is -2.12. The Kier molecular flexibility index (Phi) is 2.73. The van der Waals surface area contributed by atoms with Crippen LogP contribution in [0, 0.1) is 5.92 Å². The van der Waals surface area contributed by atoms with Crippen molar-refractivity contribution in [3.05, 3.63) is 5.89 Å². The van der Waals surface area contributed by atoms with Gasteiger partial charge in [0.1, 0.15) is 0 Å². The summed E-state index contributed by atoms with van der Waals surface area (Å²) in [7, 11) is 0. The Morgan fingerprint density at radius 3 is 2.85 bits per heavy atom. The summed E-state index contributed by atoms with van der Waals surface area (Å²) in [6.45, 7) is 0. The summed E-state index contributed by atoms with van der Waals surface area (Å²) in [6, 6.07) is 0. The Bertz CT molecular complexity index is 270. The van der Waals surface area contributed by atoms with Gasteiger partial charge in [0.05, 0.1) is 0 Å². The highest BCUT2D eigenvalue weighted by Gasteiger charge is 2.17. The third kappa shape index (κ3) is 2.37. The minimum atomic E-state index is 0.250. The molecule has 0 aliphatic carbocycles. The average Bonchev–Trinajstić information content (AvgIpc) is 2.53. The fourth-order valence-corrected chi connectivity index (χ4v) is 2.75. The van der Waals surface area contributed by atoms with Gasteiger partial charge in [0.25, 0.3) is 5.95 Å². The van der Waals surface area contributed by atoms with E-state index in [0.29, 0.717) is 11.8 Å². The molecule has 1 aromatic heterocycles. The van der Waals surface area contributed by atoms with Crippen molar-refractivity contribution >= 4 is 17.7 Å². The summed E-state index contributed by atoms with van der Waals surface area (Å²) in [5, 5.41) is 3.57. The molecule has 0 bridgehead atoms. The van der Waals surface area contributed by atoms with Gasteiger partial charge in [0.15, 0.2) is 0 Å². The van der Waals surface area contributed by atoms with E-state index < -0.39 is 0 Å². The molecule has 0 unspecified atom stereocenters. The van der Waals surface area contributed by atoms with Gasteiger partial charge in [-0.1, -0.05) is 0 Å². The van der Waals surface area contributed by atoms with E-state index in [2.05, 4.69) is 10.1 Å². The summed E-state index contributed by atoms with van der Waals surface area (Å²) in [6.07, 6.45) is 3.41. The van der Waals surface area contributed by atoms with Gasteiger partial charge in [-0.15, -0.1) is 0 Å². The Morgan fingerprint density at radius 1 is 1.46 bits per heavy atom. The van der Waals surface area contributed by atoms with Crippen LogP contribution in [0.2, 0.25) is 0 Å². The van der Waals surface area contributed by atoms with E-state index in [9.17, 15) is 0 Å². The zero-order valence-corrected chi connectivity index (χ0v) is 8.22. The number of hydrogen-bond acceptors (Lipinski definition) is 5. The van der Waals surface area contributed by atoms with Crippen molar-refractivity contribution in [2.45, 2.75) is 19.3 Å². The van der Waals surface area contributed by atoms with E-state index in [1.807, 2.05) is 11.8 Å². The molecule has 0 radical (unpaired) electrons. The fraction of sp³-hybridized carbons (Fsp3) is 0.750. The Hall–Kier alpha value is -0.710. The zero-order valence-electron chi connectivity index (χ0n) is 7.40. The molecule has 0 spiro atoms. The maximum absolute atomic E-state index is 5.36. The van der Waals surface area contributed by atoms with Crippen molar-refractivity contribution in [3.63, 3.8) is 0 Å². The van der Waals surface area contributed by atoms with Crippen LogP contribution in [0.1, 0.15) is 18.7 Å². The minimum absolute atomic E-state index is 0.250. The van der Waals surface area contributed by atoms with Gasteiger partial charge >= 0.3 is 0 Å². The fourth-order valence-electron chi connectivity index (χ4n) is 1.55. The molecule has 2 heterocycles. The lowest BCUT2D eigenvalue weighted by molar-refractivity contribution is 0.345. The van der Waals surface area contributed by atoms with E-state index in [1.54, 1.807) is 0 Å². The van der Waals surface area contributed by atoms with Gasteiger partial charge in [0, 0.05) is 6.42 Å². The number of hydrogen-bond donors (Lipinski definition) is 1. The van der Waals surface area contributed by atoms with E-state index in [0.717, 1.165) is 6.42 Å². The Balaban J connectivity index is 1.89. The van der Waals surface area contributed by atoms with Crippen LogP contribution in [0.25, 0.3) is 0 Å². The summed E-state index contributed by atoms with van der Waals surface area (Å²) in [4.78, 5) is 4.00. The third-order valence-corrected chi connectivity index (χ3v) is 3.34. The van der Waals surface area contributed by atoms with Crippen molar-refractivity contribution in [3.8, 4) is 0 Å². The SMILES string of the molecule is Nc1noc(CC2CCSCC2)n1. The van der Waals surface area contributed by atoms with Gasteiger partial charge in [-0.2, -0.15) is 16.7 Å². The molecule has 0 amide bonds. The first-order chi connectivity index (χ1) is 6.34. The van der Waals surface area contributed by atoms with Crippen LogP contribution >= 0.6 is 11.8 Å². The first-order valence-corrected chi connectivity index (χ1v) is 5.66.